The maximum atomic E-state index is 5.42. The van der Waals surface area contributed by atoms with Gasteiger partial charge in [-0.25, -0.2) is 0 Å². The van der Waals surface area contributed by atoms with Crippen LogP contribution >= 0.6 is 11.3 Å². The number of nitrogens with zero attached hydrogens (tertiary/aromatic N) is 1. The number of hydrogen-bond donors (Lipinski definition) is 1. The molecule has 1 aliphatic heterocycles. The molecule has 1 aromatic rings. The Morgan fingerprint density at radius 1 is 1.62 bits per heavy atom. The Morgan fingerprint density at radius 3 is 3.19 bits per heavy atom. The SMILES string of the molecule is CCCNC(C1=COCCC1)c1cncs1. The van der Waals surface area contributed by atoms with E-state index in [1.165, 1.54) is 10.5 Å². The van der Waals surface area contributed by atoms with Crippen molar-refractivity contribution < 1.29 is 4.74 Å². The second kappa shape index (κ2) is 6.01. The van der Waals surface area contributed by atoms with Gasteiger partial charge in [0.25, 0.3) is 0 Å². The van der Waals surface area contributed by atoms with Crippen molar-refractivity contribution in [1.82, 2.24) is 10.3 Å². The molecule has 0 aliphatic carbocycles. The molecule has 1 atom stereocenters. The quantitative estimate of drug-likeness (QED) is 0.856. The summed E-state index contributed by atoms with van der Waals surface area (Å²) in [5.41, 5.74) is 3.24. The molecule has 0 saturated heterocycles. The number of aromatic nitrogens is 1. The molecule has 1 aliphatic rings. The maximum Gasteiger partial charge on any atom is 0.0876 e. The molecule has 0 bridgehead atoms. The summed E-state index contributed by atoms with van der Waals surface area (Å²) in [6.45, 7) is 4.06. The van der Waals surface area contributed by atoms with Crippen LogP contribution in [0.25, 0.3) is 0 Å². The van der Waals surface area contributed by atoms with E-state index in [4.69, 9.17) is 4.74 Å². The largest absolute Gasteiger partial charge is 0.501 e. The molecule has 2 heterocycles. The molecule has 0 saturated carbocycles. The first-order chi connectivity index (χ1) is 7.92. The minimum Gasteiger partial charge on any atom is -0.501 e. The van der Waals surface area contributed by atoms with Gasteiger partial charge >= 0.3 is 0 Å². The van der Waals surface area contributed by atoms with Crippen molar-refractivity contribution in [1.29, 1.82) is 0 Å². The van der Waals surface area contributed by atoms with Gasteiger partial charge in [-0.15, -0.1) is 11.3 Å². The number of rotatable bonds is 5. The van der Waals surface area contributed by atoms with Crippen LogP contribution < -0.4 is 5.32 Å². The summed E-state index contributed by atoms with van der Waals surface area (Å²) in [6, 6.07) is 0.299. The van der Waals surface area contributed by atoms with Crippen LogP contribution in [0.4, 0.5) is 0 Å². The standard InChI is InChI=1S/C12H18N2OS/c1-2-5-14-12(11-7-13-9-16-11)10-4-3-6-15-8-10/h7-9,12,14H,2-6H2,1H3. The molecule has 1 aromatic heterocycles. The average molecular weight is 238 g/mol. The summed E-state index contributed by atoms with van der Waals surface area (Å²) in [5.74, 6) is 0. The highest BCUT2D eigenvalue weighted by Gasteiger charge is 2.19. The predicted molar refractivity (Wildman–Crippen MR) is 66.4 cm³/mol. The molecule has 1 N–H and O–H groups in total. The maximum absolute atomic E-state index is 5.42. The van der Waals surface area contributed by atoms with Crippen molar-refractivity contribution in [3.63, 3.8) is 0 Å². The number of nitrogens with one attached hydrogen (secondary N) is 1. The Bertz CT molecular complexity index is 335. The smallest absolute Gasteiger partial charge is 0.0876 e. The van der Waals surface area contributed by atoms with Crippen molar-refractivity contribution >= 4 is 11.3 Å². The topological polar surface area (TPSA) is 34.1 Å². The highest BCUT2D eigenvalue weighted by atomic mass is 32.1. The fourth-order valence-corrected chi connectivity index (χ4v) is 2.60. The van der Waals surface area contributed by atoms with Gasteiger partial charge in [0.05, 0.1) is 24.4 Å². The van der Waals surface area contributed by atoms with Crippen LogP contribution in [0.1, 0.15) is 37.1 Å². The Balaban J connectivity index is 2.10. The lowest BCUT2D eigenvalue weighted by Crippen LogP contribution is -2.24. The van der Waals surface area contributed by atoms with E-state index in [0.29, 0.717) is 6.04 Å². The average Bonchev–Trinajstić information content (AvgIpc) is 2.85. The zero-order chi connectivity index (χ0) is 11.2. The fourth-order valence-electron chi connectivity index (χ4n) is 1.87. The van der Waals surface area contributed by atoms with E-state index in [1.54, 1.807) is 11.3 Å². The first-order valence-electron chi connectivity index (χ1n) is 5.84. The zero-order valence-corrected chi connectivity index (χ0v) is 10.4. The van der Waals surface area contributed by atoms with Gasteiger partial charge in [-0.05, 0) is 31.4 Å². The van der Waals surface area contributed by atoms with Gasteiger partial charge in [0.15, 0.2) is 0 Å². The van der Waals surface area contributed by atoms with E-state index >= 15 is 0 Å². The molecule has 0 amide bonds. The van der Waals surface area contributed by atoms with Crippen LogP contribution in [0.3, 0.4) is 0 Å². The van der Waals surface area contributed by atoms with Gasteiger partial charge < -0.3 is 10.1 Å². The van der Waals surface area contributed by atoms with E-state index in [2.05, 4.69) is 17.2 Å². The molecule has 0 spiro atoms. The Morgan fingerprint density at radius 2 is 2.56 bits per heavy atom. The Hall–Kier alpha value is -0.870. The van der Waals surface area contributed by atoms with Crippen LogP contribution in [-0.2, 0) is 4.74 Å². The van der Waals surface area contributed by atoms with Crippen molar-refractivity contribution in [2.75, 3.05) is 13.2 Å². The fraction of sp³-hybridized carbons (Fsp3) is 0.583. The third-order valence-electron chi connectivity index (χ3n) is 2.67. The molecule has 3 nitrogen and oxygen atoms in total. The highest BCUT2D eigenvalue weighted by molar-refractivity contribution is 7.09. The second-order valence-electron chi connectivity index (χ2n) is 3.96. The summed E-state index contributed by atoms with van der Waals surface area (Å²) < 4.78 is 5.42. The second-order valence-corrected chi connectivity index (χ2v) is 4.88. The molecular weight excluding hydrogens is 220 g/mol. The van der Waals surface area contributed by atoms with Crippen LogP contribution in [0.15, 0.2) is 23.5 Å². The lowest BCUT2D eigenvalue weighted by molar-refractivity contribution is 0.219. The monoisotopic (exact) mass is 238 g/mol. The van der Waals surface area contributed by atoms with Crippen LogP contribution in [0, 0.1) is 0 Å². The van der Waals surface area contributed by atoms with Crippen LogP contribution in [0.2, 0.25) is 0 Å². The minimum absolute atomic E-state index is 0.299. The normalized spacial score (nSPS) is 17.7. The lowest BCUT2D eigenvalue weighted by Gasteiger charge is -2.23. The molecule has 2 rings (SSSR count). The summed E-state index contributed by atoms with van der Waals surface area (Å²) in [7, 11) is 0. The summed E-state index contributed by atoms with van der Waals surface area (Å²) in [4.78, 5) is 5.44. The van der Waals surface area contributed by atoms with Gasteiger partial charge in [-0.2, -0.15) is 0 Å². The van der Waals surface area contributed by atoms with Gasteiger partial charge in [0.2, 0.25) is 0 Å². The Labute approximate surface area is 101 Å². The van der Waals surface area contributed by atoms with Crippen molar-refractivity contribution in [3.05, 3.63) is 28.4 Å². The molecule has 0 fully saturated rings. The van der Waals surface area contributed by atoms with E-state index < -0.39 is 0 Å². The van der Waals surface area contributed by atoms with Gasteiger partial charge in [0.1, 0.15) is 0 Å². The molecule has 88 valence electrons. The first-order valence-corrected chi connectivity index (χ1v) is 6.72. The van der Waals surface area contributed by atoms with E-state index in [1.807, 2.05) is 18.0 Å². The Kier molecular flexibility index (Phi) is 4.36. The lowest BCUT2D eigenvalue weighted by atomic mass is 10.0. The molecule has 0 radical (unpaired) electrons. The first kappa shape index (κ1) is 11.6. The van der Waals surface area contributed by atoms with E-state index in [9.17, 15) is 0 Å². The predicted octanol–water partition coefficient (Wildman–Crippen LogP) is 2.88. The minimum atomic E-state index is 0.299. The summed E-state index contributed by atoms with van der Waals surface area (Å²) in [6.07, 6.45) is 7.27. The van der Waals surface area contributed by atoms with Crippen molar-refractivity contribution in [2.24, 2.45) is 0 Å². The van der Waals surface area contributed by atoms with E-state index in [0.717, 1.165) is 32.4 Å². The van der Waals surface area contributed by atoms with Crippen molar-refractivity contribution in [3.8, 4) is 0 Å². The molecule has 1 unspecified atom stereocenters. The van der Waals surface area contributed by atoms with E-state index in [-0.39, 0.29) is 0 Å². The summed E-state index contributed by atoms with van der Waals surface area (Å²) in [5, 5.41) is 3.56. The molecule has 4 heteroatoms. The zero-order valence-electron chi connectivity index (χ0n) is 9.61. The van der Waals surface area contributed by atoms with Gasteiger partial charge in [0, 0.05) is 11.1 Å². The molecule has 0 aromatic carbocycles. The number of ether oxygens (including phenoxy) is 1. The number of hydrogen-bond acceptors (Lipinski definition) is 4. The summed E-state index contributed by atoms with van der Waals surface area (Å²) >= 11 is 1.71. The third kappa shape index (κ3) is 2.83. The number of thiazole rings is 1. The van der Waals surface area contributed by atoms with Crippen LogP contribution in [0.5, 0.6) is 0 Å². The van der Waals surface area contributed by atoms with Gasteiger partial charge in [-0.3, -0.25) is 4.98 Å². The van der Waals surface area contributed by atoms with Crippen LogP contribution in [-0.4, -0.2) is 18.1 Å². The van der Waals surface area contributed by atoms with Crippen molar-refractivity contribution in [2.45, 2.75) is 32.2 Å². The molecular formula is C12H18N2OS. The third-order valence-corrected chi connectivity index (χ3v) is 3.51. The van der Waals surface area contributed by atoms with Gasteiger partial charge in [-0.1, -0.05) is 6.92 Å². The molecule has 16 heavy (non-hydrogen) atoms. The highest BCUT2D eigenvalue weighted by Crippen LogP contribution is 2.29.